The van der Waals surface area contributed by atoms with E-state index in [1.165, 1.54) is 12.1 Å². The second-order valence-corrected chi connectivity index (χ2v) is 9.63. The summed E-state index contributed by atoms with van der Waals surface area (Å²) < 4.78 is 15.9. The van der Waals surface area contributed by atoms with Gasteiger partial charge in [0.05, 0.1) is 17.7 Å². The van der Waals surface area contributed by atoms with Crippen LogP contribution >= 0.6 is 0 Å². The summed E-state index contributed by atoms with van der Waals surface area (Å²) in [5.41, 5.74) is 8.38. The molecule has 5 aromatic rings. The number of nitrogens with zero attached hydrogens (tertiary/aromatic N) is 2. The van der Waals surface area contributed by atoms with Crippen LogP contribution in [0.4, 0.5) is 4.39 Å². The number of rotatable bonds is 6. The number of carbonyl (C=O) groups excluding carboxylic acids is 1. The third kappa shape index (κ3) is 4.81. The van der Waals surface area contributed by atoms with Gasteiger partial charge < -0.3 is 9.88 Å². The first kappa shape index (κ1) is 25.0. The van der Waals surface area contributed by atoms with Crippen molar-refractivity contribution in [3.05, 3.63) is 130 Å². The van der Waals surface area contributed by atoms with Gasteiger partial charge in [0.15, 0.2) is 0 Å². The third-order valence-electron chi connectivity index (χ3n) is 7.25. The largest absolute Gasteiger partial charge is 0.346 e. The Morgan fingerprint density at radius 3 is 2.47 bits per heavy atom. The Balaban J connectivity index is 1.39. The molecule has 38 heavy (non-hydrogen) atoms. The van der Waals surface area contributed by atoms with E-state index < -0.39 is 0 Å². The van der Waals surface area contributed by atoms with Crippen LogP contribution in [-0.2, 0) is 6.54 Å². The van der Waals surface area contributed by atoms with Gasteiger partial charge in [-0.1, -0.05) is 54.6 Å². The van der Waals surface area contributed by atoms with Gasteiger partial charge in [0.1, 0.15) is 5.82 Å². The number of nitrogens with one attached hydrogen (secondary N) is 1. The number of amides is 1. The van der Waals surface area contributed by atoms with Gasteiger partial charge in [-0.3, -0.25) is 4.79 Å². The van der Waals surface area contributed by atoms with Crippen LogP contribution in [0.1, 0.15) is 51.3 Å². The van der Waals surface area contributed by atoms with Crippen molar-refractivity contribution in [1.82, 2.24) is 9.88 Å². The van der Waals surface area contributed by atoms with Gasteiger partial charge >= 0.3 is 0 Å². The summed E-state index contributed by atoms with van der Waals surface area (Å²) in [7, 11) is 0. The number of halogens is 1. The smallest absolute Gasteiger partial charge is 0.251 e. The van der Waals surface area contributed by atoms with Crippen LogP contribution in [0, 0.1) is 31.0 Å². The van der Waals surface area contributed by atoms with E-state index in [0.717, 1.165) is 44.4 Å². The molecule has 0 aliphatic heterocycles. The van der Waals surface area contributed by atoms with Crippen LogP contribution in [0.5, 0.6) is 0 Å². The molecular weight excluding hydrogens is 473 g/mol. The zero-order chi connectivity index (χ0) is 26.8. The third-order valence-corrected chi connectivity index (χ3v) is 7.25. The quantitative estimate of drug-likeness (QED) is 0.262. The second-order valence-electron chi connectivity index (χ2n) is 9.63. The summed E-state index contributed by atoms with van der Waals surface area (Å²) in [6, 6.07) is 29.9. The van der Waals surface area contributed by atoms with Crippen molar-refractivity contribution in [1.29, 1.82) is 5.26 Å². The van der Waals surface area contributed by atoms with Crippen LogP contribution in [-0.4, -0.2) is 10.5 Å². The predicted molar refractivity (Wildman–Crippen MR) is 149 cm³/mol. The minimum Gasteiger partial charge on any atom is -0.346 e. The Morgan fingerprint density at radius 2 is 1.74 bits per heavy atom. The molecule has 0 aliphatic carbocycles. The van der Waals surface area contributed by atoms with E-state index in [1.807, 2.05) is 49.4 Å². The van der Waals surface area contributed by atoms with Crippen LogP contribution in [0.25, 0.3) is 22.0 Å². The van der Waals surface area contributed by atoms with Gasteiger partial charge in [-0.15, -0.1) is 0 Å². The Kier molecular flexibility index (Phi) is 6.81. The molecule has 1 amide bonds. The number of nitriles is 1. The molecule has 0 saturated heterocycles. The molecule has 0 spiro atoms. The molecule has 5 rings (SSSR count). The highest BCUT2D eigenvalue weighted by molar-refractivity contribution is 5.99. The van der Waals surface area contributed by atoms with Crippen molar-refractivity contribution in [2.45, 2.75) is 33.4 Å². The van der Waals surface area contributed by atoms with Crippen LogP contribution in [0.3, 0.4) is 0 Å². The van der Waals surface area contributed by atoms with Crippen LogP contribution in [0.15, 0.2) is 91.0 Å². The summed E-state index contributed by atoms with van der Waals surface area (Å²) in [5.74, 6) is -0.513. The molecule has 1 N–H and O–H groups in total. The van der Waals surface area contributed by atoms with Crippen molar-refractivity contribution in [2.75, 3.05) is 0 Å². The number of aromatic nitrogens is 1. The Morgan fingerprint density at radius 1 is 0.974 bits per heavy atom. The maximum Gasteiger partial charge on any atom is 0.251 e. The minimum atomic E-state index is -0.320. The molecule has 1 heterocycles. The summed E-state index contributed by atoms with van der Waals surface area (Å²) in [5, 5.41) is 13.4. The number of carbonyl (C=O) groups is 1. The van der Waals surface area contributed by atoms with E-state index in [0.29, 0.717) is 17.7 Å². The predicted octanol–water partition coefficient (Wildman–Crippen LogP) is 7.48. The zero-order valence-electron chi connectivity index (χ0n) is 21.6. The first-order valence-electron chi connectivity index (χ1n) is 12.6. The van der Waals surface area contributed by atoms with Gasteiger partial charge in [0.2, 0.25) is 0 Å². The maximum absolute atomic E-state index is 13.6. The second kappa shape index (κ2) is 10.4. The van der Waals surface area contributed by atoms with E-state index in [9.17, 15) is 14.4 Å². The fourth-order valence-corrected chi connectivity index (χ4v) is 4.94. The fourth-order valence-electron chi connectivity index (χ4n) is 4.94. The summed E-state index contributed by atoms with van der Waals surface area (Å²) in [6.45, 7) is 6.71. The standard InChI is InChI=1S/C33H28FN3O/c1-21-23(3)37(20-24-11-13-25(14-12-24)30-10-5-4-7-28(30)19-35)32-16-15-27(18-31(21)32)33(38)36-22(2)26-8-6-9-29(34)17-26/h4-18,22H,20H2,1-3H3,(H,36,38). The first-order valence-corrected chi connectivity index (χ1v) is 12.6. The molecule has 1 atom stereocenters. The highest BCUT2D eigenvalue weighted by Crippen LogP contribution is 2.29. The SMILES string of the molecule is Cc1c(C)n(Cc2ccc(-c3ccccc3C#N)cc2)c2ccc(C(=O)NC(C)c3cccc(F)c3)cc12. The number of hydrogen-bond acceptors (Lipinski definition) is 2. The molecule has 0 bridgehead atoms. The lowest BCUT2D eigenvalue weighted by Gasteiger charge is -2.15. The average Bonchev–Trinajstić information content (AvgIpc) is 3.17. The summed E-state index contributed by atoms with van der Waals surface area (Å²) >= 11 is 0. The lowest BCUT2D eigenvalue weighted by molar-refractivity contribution is 0.0940. The van der Waals surface area contributed by atoms with Crippen molar-refractivity contribution in [2.24, 2.45) is 0 Å². The normalized spacial score (nSPS) is 11.8. The molecule has 0 radical (unpaired) electrons. The highest BCUT2D eigenvalue weighted by atomic mass is 19.1. The highest BCUT2D eigenvalue weighted by Gasteiger charge is 2.16. The molecule has 5 heteroatoms. The number of aryl methyl sites for hydroxylation is 1. The maximum atomic E-state index is 13.6. The monoisotopic (exact) mass is 501 g/mol. The minimum absolute atomic E-state index is 0.193. The van der Waals surface area contributed by atoms with Gasteiger partial charge in [-0.25, -0.2) is 4.39 Å². The molecule has 0 fully saturated rings. The lowest BCUT2D eigenvalue weighted by Crippen LogP contribution is -2.26. The summed E-state index contributed by atoms with van der Waals surface area (Å²) in [6.07, 6.45) is 0. The van der Waals surface area contributed by atoms with E-state index in [2.05, 4.69) is 54.1 Å². The van der Waals surface area contributed by atoms with Crippen LogP contribution in [0.2, 0.25) is 0 Å². The van der Waals surface area contributed by atoms with Gasteiger partial charge in [-0.2, -0.15) is 5.26 Å². The molecule has 0 saturated carbocycles. The molecule has 188 valence electrons. The van der Waals surface area contributed by atoms with E-state index in [1.54, 1.807) is 12.1 Å². The van der Waals surface area contributed by atoms with Crippen molar-refractivity contribution >= 4 is 16.8 Å². The van der Waals surface area contributed by atoms with Gasteiger partial charge in [0, 0.05) is 28.7 Å². The van der Waals surface area contributed by atoms with E-state index in [4.69, 9.17) is 0 Å². The Labute approximate surface area is 222 Å². The number of hydrogen-bond donors (Lipinski definition) is 1. The number of benzene rings is 4. The van der Waals surface area contributed by atoms with Crippen molar-refractivity contribution < 1.29 is 9.18 Å². The van der Waals surface area contributed by atoms with Gasteiger partial charge in [0.25, 0.3) is 5.91 Å². The zero-order valence-corrected chi connectivity index (χ0v) is 21.6. The molecule has 4 nitrogen and oxygen atoms in total. The fraction of sp³-hybridized carbons (Fsp3) is 0.152. The summed E-state index contributed by atoms with van der Waals surface area (Å²) in [4.78, 5) is 13.0. The topological polar surface area (TPSA) is 57.8 Å². The molecule has 4 aromatic carbocycles. The number of fused-ring (bicyclic) bond motifs is 1. The molecule has 1 unspecified atom stereocenters. The molecule has 1 aromatic heterocycles. The molecule has 0 aliphatic rings. The Hall–Kier alpha value is -4.69. The van der Waals surface area contributed by atoms with Gasteiger partial charge in [-0.05, 0) is 85.0 Å². The lowest BCUT2D eigenvalue weighted by atomic mass is 9.99. The van der Waals surface area contributed by atoms with E-state index >= 15 is 0 Å². The van der Waals surface area contributed by atoms with E-state index in [-0.39, 0.29) is 17.8 Å². The van der Waals surface area contributed by atoms with Crippen molar-refractivity contribution in [3.63, 3.8) is 0 Å². The Bertz CT molecular complexity index is 1690. The average molecular weight is 502 g/mol. The molecular formula is C33H28FN3O. The first-order chi connectivity index (χ1) is 18.4. The van der Waals surface area contributed by atoms with Crippen LogP contribution < -0.4 is 5.32 Å². The van der Waals surface area contributed by atoms with Crippen molar-refractivity contribution in [3.8, 4) is 17.2 Å².